The van der Waals surface area contributed by atoms with Gasteiger partial charge in [0.05, 0.1) is 11.0 Å². The second-order valence-corrected chi connectivity index (χ2v) is 7.42. The smallest absolute Gasteiger partial charge is 0.158 e. The maximum absolute atomic E-state index is 12.5. The lowest BCUT2D eigenvalue weighted by Gasteiger charge is -2.22. The van der Waals surface area contributed by atoms with Gasteiger partial charge >= 0.3 is 0 Å². The summed E-state index contributed by atoms with van der Waals surface area (Å²) in [6, 6.07) is 6.74. The molecule has 0 aliphatic heterocycles. The van der Waals surface area contributed by atoms with Crippen LogP contribution in [0.4, 0.5) is 0 Å². The molecular weight excluding hydrogens is 282 g/mol. The summed E-state index contributed by atoms with van der Waals surface area (Å²) in [7, 11) is -3.28. The zero-order valence-electron chi connectivity index (χ0n) is 11.5. The Morgan fingerprint density at radius 3 is 2.42 bits per heavy atom. The van der Waals surface area contributed by atoms with Crippen LogP contribution in [0.2, 0.25) is 5.02 Å². The molecule has 0 fully saturated rings. The third kappa shape index (κ3) is 4.48. The van der Waals surface area contributed by atoms with E-state index in [0.717, 1.165) is 12.8 Å². The highest BCUT2D eigenvalue weighted by molar-refractivity contribution is 7.91. The number of hydrogen-bond acceptors (Lipinski definition) is 3. The van der Waals surface area contributed by atoms with Crippen LogP contribution in [0.5, 0.6) is 0 Å². The summed E-state index contributed by atoms with van der Waals surface area (Å²) in [5.41, 5.74) is 6.65. The van der Waals surface area contributed by atoms with Gasteiger partial charge in [-0.3, -0.25) is 0 Å². The Kier molecular flexibility index (Phi) is 6.30. The summed E-state index contributed by atoms with van der Waals surface area (Å²) in [6.45, 7) is 3.87. The van der Waals surface area contributed by atoms with Crippen LogP contribution in [-0.2, 0) is 15.6 Å². The molecule has 0 spiro atoms. The first kappa shape index (κ1) is 16.5. The molecule has 2 atom stereocenters. The molecular formula is C14H22ClNO2S. The van der Waals surface area contributed by atoms with Crippen LogP contribution in [0.25, 0.3) is 0 Å². The molecule has 0 amide bonds. The summed E-state index contributed by atoms with van der Waals surface area (Å²) < 4.78 is 24.9. The van der Waals surface area contributed by atoms with Gasteiger partial charge in [0.15, 0.2) is 9.84 Å². The monoisotopic (exact) mass is 303 g/mol. The number of rotatable bonds is 7. The van der Waals surface area contributed by atoms with Crippen LogP contribution in [0.1, 0.15) is 38.7 Å². The lowest BCUT2D eigenvalue weighted by Crippen LogP contribution is -2.40. The molecule has 0 bridgehead atoms. The molecule has 0 aliphatic carbocycles. The van der Waals surface area contributed by atoms with Crippen molar-refractivity contribution in [2.24, 2.45) is 5.73 Å². The Morgan fingerprint density at radius 2 is 1.89 bits per heavy atom. The van der Waals surface area contributed by atoms with Crippen LogP contribution in [0.3, 0.4) is 0 Å². The van der Waals surface area contributed by atoms with Crippen molar-refractivity contribution in [1.29, 1.82) is 0 Å². The normalized spacial score (nSPS) is 15.2. The summed E-state index contributed by atoms with van der Waals surface area (Å²) in [4.78, 5) is 0. The van der Waals surface area contributed by atoms with E-state index >= 15 is 0 Å². The number of benzene rings is 1. The summed E-state index contributed by atoms with van der Waals surface area (Å²) in [5.74, 6) is -0.0391. The van der Waals surface area contributed by atoms with Crippen molar-refractivity contribution in [3.05, 3.63) is 34.9 Å². The Balaban J connectivity index is 2.93. The van der Waals surface area contributed by atoms with Gasteiger partial charge in [-0.15, -0.1) is 0 Å². The predicted octanol–water partition coefficient (Wildman–Crippen LogP) is 3.16. The van der Waals surface area contributed by atoms with Crippen molar-refractivity contribution in [2.45, 2.75) is 50.2 Å². The first-order valence-corrected chi connectivity index (χ1v) is 8.72. The summed E-state index contributed by atoms with van der Waals surface area (Å²) in [5, 5.41) is -0.00582. The molecule has 0 saturated carbocycles. The molecule has 0 saturated heterocycles. The number of sulfone groups is 1. The van der Waals surface area contributed by atoms with E-state index in [0.29, 0.717) is 17.0 Å². The van der Waals surface area contributed by atoms with Crippen molar-refractivity contribution in [3.63, 3.8) is 0 Å². The molecule has 0 heterocycles. The van der Waals surface area contributed by atoms with Crippen molar-refractivity contribution < 1.29 is 8.42 Å². The van der Waals surface area contributed by atoms with E-state index in [4.69, 9.17) is 17.3 Å². The third-order valence-corrected chi connectivity index (χ3v) is 5.97. The molecule has 0 aliphatic rings. The minimum atomic E-state index is -3.28. The van der Waals surface area contributed by atoms with Gasteiger partial charge < -0.3 is 5.73 Å². The molecule has 2 unspecified atom stereocenters. The van der Waals surface area contributed by atoms with Gasteiger partial charge in [-0.05, 0) is 24.5 Å². The fourth-order valence-electron chi connectivity index (χ4n) is 2.28. The Morgan fingerprint density at radius 1 is 1.26 bits per heavy atom. The molecule has 2 N–H and O–H groups in total. The molecule has 5 heteroatoms. The topological polar surface area (TPSA) is 60.2 Å². The molecule has 1 aromatic rings. The van der Waals surface area contributed by atoms with Gasteiger partial charge in [0.2, 0.25) is 0 Å². The zero-order valence-corrected chi connectivity index (χ0v) is 13.0. The van der Waals surface area contributed by atoms with E-state index < -0.39 is 15.1 Å². The first-order chi connectivity index (χ1) is 8.92. The maximum Gasteiger partial charge on any atom is 0.158 e. The molecule has 3 nitrogen and oxygen atoms in total. The van der Waals surface area contributed by atoms with Gasteiger partial charge in [-0.25, -0.2) is 8.42 Å². The van der Waals surface area contributed by atoms with E-state index in [1.807, 2.05) is 13.8 Å². The largest absolute Gasteiger partial charge is 0.327 e. The highest BCUT2D eigenvalue weighted by atomic mass is 35.5. The molecule has 19 heavy (non-hydrogen) atoms. The van der Waals surface area contributed by atoms with E-state index in [1.165, 1.54) is 0 Å². The van der Waals surface area contributed by atoms with E-state index in [1.54, 1.807) is 24.3 Å². The second kappa shape index (κ2) is 7.27. The highest BCUT2D eigenvalue weighted by Crippen LogP contribution is 2.22. The number of hydrogen-bond donors (Lipinski definition) is 1. The van der Waals surface area contributed by atoms with Gasteiger partial charge in [0, 0.05) is 11.1 Å². The fraction of sp³-hybridized carbons (Fsp3) is 0.571. The zero-order chi connectivity index (χ0) is 14.5. The first-order valence-electron chi connectivity index (χ1n) is 6.62. The predicted molar refractivity (Wildman–Crippen MR) is 81.0 cm³/mol. The van der Waals surface area contributed by atoms with Crippen LogP contribution >= 0.6 is 11.6 Å². The third-order valence-electron chi connectivity index (χ3n) is 3.28. The SMILES string of the molecule is CCCC(N)C(CC)S(=O)(=O)Cc1ccccc1Cl. The molecule has 0 aromatic heterocycles. The quantitative estimate of drug-likeness (QED) is 0.841. The van der Waals surface area contributed by atoms with Gasteiger partial charge in [-0.1, -0.05) is 50.1 Å². The highest BCUT2D eigenvalue weighted by Gasteiger charge is 2.29. The second-order valence-electron chi connectivity index (χ2n) is 4.80. The minimum Gasteiger partial charge on any atom is -0.327 e. The van der Waals surface area contributed by atoms with Gasteiger partial charge in [0.1, 0.15) is 0 Å². The Bertz CT molecular complexity index is 502. The van der Waals surface area contributed by atoms with E-state index in [2.05, 4.69) is 0 Å². The molecule has 0 radical (unpaired) electrons. The maximum atomic E-state index is 12.5. The molecule has 108 valence electrons. The molecule has 1 rings (SSSR count). The van der Waals surface area contributed by atoms with Crippen molar-refractivity contribution in [1.82, 2.24) is 0 Å². The lowest BCUT2D eigenvalue weighted by atomic mass is 10.1. The average molecular weight is 304 g/mol. The van der Waals surface area contributed by atoms with Gasteiger partial charge in [0.25, 0.3) is 0 Å². The van der Waals surface area contributed by atoms with E-state index in [9.17, 15) is 8.42 Å². The van der Waals surface area contributed by atoms with Crippen LogP contribution in [-0.4, -0.2) is 19.7 Å². The van der Waals surface area contributed by atoms with Crippen LogP contribution < -0.4 is 5.73 Å². The summed E-state index contributed by atoms with van der Waals surface area (Å²) >= 11 is 6.02. The van der Waals surface area contributed by atoms with Crippen molar-refractivity contribution >= 4 is 21.4 Å². The number of halogens is 1. The lowest BCUT2D eigenvalue weighted by molar-refractivity contribution is 0.516. The fourth-order valence-corrected chi connectivity index (χ4v) is 4.64. The Hall–Kier alpha value is -0.580. The van der Waals surface area contributed by atoms with Crippen molar-refractivity contribution in [2.75, 3.05) is 0 Å². The average Bonchev–Trinajstić information content (AvgIpc) is 2.32. The minimum absolute atomic E-state index is 0.0391. The van der Waals surface area contributed by atoms with E-state index in [-0.39, 0.29) is 11.8 Å². The Labute approximate surface area is 121 Å². The van der Waals surface area contributed by atoms with Crippen molar-refractivity contribution in [3.8, 4) is 0 Å². The number of nitrogens with two attached hydrogens (primary N) is 1. The van der Waals surface area contributed by atoms with Crippen LogP contribution in [0.15, 0.2) is 24.3 Å². The summed E-state index contributed by atoms with van der Waals surface area (Å²) in [6.07, 6.45) is 2.15. The van der Waals surface area contributed by atoms with Gasteiger partial charge in [-0.2, -0.15) is 0 Å². The standard InChI is InChI=1S/C14H22ClNO2S/c1-3-7-13(16)14(4-2)19(17,18)10-11-8-5-6-9-12(11)15/h5-6,8-9,13-14H,3-4,7,10,16H2,1-2H3. The molecule has 1 aromatic carbocycles. The van der Waals surface area contributed by atoms with Crippen LogP contribution in [0, 0.1) is 0 Å².